The first-order chi connectivity index (χ1) is 14.3. The van der Waals surface area contributed by atoms with E-state index in [0.717, 1.165) is 23.3 Å². The van der Waals surface area contributed by atoms with E-state index in [4.69, 9.17) is 4.42 Å². The molecule has 4 heteroatoms. The van der Waals surface area contributed by atoms with Crippen molar-refractivity contribution in [2.75, 3.05) is 6.54 Å². The molecule has 4 aromatic rings. The number of hydrogen-bond donors (Lipinski definition) is 0. The van der Waals surface area contributed by atoms with Crippen LogP contribution in [0.4, 0.5) is 0 Å². The molecule has 0 spiro atoms. The highest BCUT2D eigenvalue weighted by molar-refractivity contribution is 7.09. The van der Waals surface area contributed by atoms with Gasteiger partial charge in [-0.1, -0.05) is 60.7 Å². The average molecular weight is 402 g/mol. The first-order valence-corrected chi connectivity index (χ1v) is 10.6. The molecule has 0 atom stereocenters. The van der Waals surface area contributed by atoms with Gasteiger partial charge in [-0.15, -0.1) is 11.3 Å². The van der Waals surface area contributed by atoms with E-state index in [1.807, 2.05) is 53.4 Å². The van der Waals surface area contributed by atoms with Crippen LogP contribution in [0.15, 0.2) is 94.9 Å². The lowest BCUT2D eigenvalue weighted by Gasteiger charge is -2.21. The lowest BCUT2D eigenvalue weighted by atomic mass is 10.0. The second-order valence-electron chi connectivity index (χ2n) is 6.96. The van der Waals surface area contributed by atoms with Gasteiger partial charge in [-0.3, -0.25) is 4.79 Å². The molecule has 4 rings (SSSR count). The van der Waals surface area contributed by atoms with E-state index in [9.17, 15) is 4.79 Å². The third-order valence-corrected chi connectivity index (χ3v) is 5.84. The average Bonchev–Trinajstić information content (AvgIpc) is 3.46. The van der Waals surface area contributed by atoms with E-state index in [-0.39, 0.29) is 5.91 Å². The summed E-state index contributed by atoms with van der Waals surface area (Å²) in [5.74, 6) is 0.925. The van der Waals surface area contributed by atoms with Crippen LogP contribution in [0.2, 0.25) is 0 Å². The largest absolute Gasteiger partial charge is 0.467 e. The van der Waals surface area contributed by atoms with Crippen LogP contribution in [0.3, 0.4) is 0 Å². The Labute approximate surface area is 175 Å². The maximum absolute atomic E-state index is 13.0. The van der Waals surface area contributed by atoms with Crippen molar-refractivity contribution < 1.29 is 9.21 Å². The second kappa shape index (κ2) is 9.39. The van der Waals surface area contributed by atoms with Gasteiger partial charge in [0.2, 0.25) is 5.91 Å². The van der Waals surface area contributed by atoms with Gasteiger partial charge in [0.15, 0.2) is 0 Å². The van der Waals surface area contributed by atoms with Gasteiger partial charge < -0.3 is 9.32 Å². The third kappa shape index (κ3) is 5.24. The third-order valence-electron chi connectivity index (χ3n) is 4.90. The summed E-state index contributed by atoms with van der Waals surface area (Å²) in [6, 6.07) is 26.5. The predicted octanol–water partition coefficient (Wildman–Crippen LogP) is 5.82. The summed E-state index contributed by atoms with van der Waals surface area (Å²) in [4.78, 5) is 16.2. The molecule has 0 radical (unpaired) electrons. The van der Waals surface area contributed by atoms with Crippen LogP contribution in [0.25, 0.3) is 11.1 Å². The van der Waals surface area contributed by atoms with E-state index < -0.39 is 0 Å². The van der Waals surface area contributed by atoms with Crippen molar-refractivity contribution in [3.05, 3.63) is 107 Å². The Morgan fingerprint density at radius 2 is 1.66 bits per heavy atom. The number of benzene rings is 2. The minimum absolute atomic E-state index is 0.116. The van der Waals surface area contributed by atoms with Gasteiger partial charge in [-0.2, -0.15) is 0 Å². The van der Waals surface area contributed by atoms with Crippen LogP contribution in [-0.4, -0.2) is 17.4 Å². The van der Waals surface area contributed by atoms with E-state index in [2.05, 4.69) is 35.7 Å². The minimum Gasteiger partial charge on any atom is -0.467 e. The highest BCUT2D eigenvalue weighted by Gasteiger charge is 2.16. The molecule has 0 bridgehead atoms. The molecule has 0 aliphatic heterocycles. The van der Waals surface area contributed by atoms with E-state index >= 15 is 0 Å². The topological polar surface area (TPSA) is 33.5 Å². The van der Waals surface area contributed by atoms with Crippen LogP contribution >= 0.6 is 11.3 Å². The standard InChI is InChI=1S/C25H23NO2S/c27-25(18-20-10-12-22(13-11-20)21-6-2-1-3-7-21)26(19-23-8-4-16-28-23)15-14-24-9-5-17-29-24/h1-13,16-17H,14-15,18-19H2. The van der Waals surface area contributed by atoms with Crippen molar-refractivity contribution in [1.82, 2.24) is 4.90 Å². The van der Waals surface area contributed by atoms with Crippen LogP contribution < -0.4 is 0 Å². The molecule has 0 saturated heterocycles. The SMILES string of the molecule is O=C(Cc1ccc(-c2ccccc2)cc1)N(CCc1cccs1)Cc1ccco1. The minimum atomic E-state index is 0.116. The maximum Gasteiger partial charge on any atom is 0.227 e. The summed E-state index contributed by atoms with van der Waals surface area (Å²) in [5, 5.41) is 2.07. The number of amides is 1. The van der Waals surface area contributed by atoms with Crippen LogP contribution in [0, 0.1) is 0 Å². The number of thiophene rings is 1. The van der Waals surface area contributed by atoms with Gasteiger partial charge in [-0.05, 0) is 46.7 Å². The zero-order valence-corrected chi connectivity index (χ0v) is 17.0. The number of hydrogen-bond acceptors (Lipinski definition) is 3. The van der Waals surface area contributed by atoms with Crippen LogP contribution in [0.5, 0.6) is 0 Å². The normalized spacial score (nSPS) is 10.8. The summed E-state index contributed by atoms with van der Waals surface area (Å²) in [6.45, 7) is 1.18. The number of rotatable bonds is 8. The Morgan fingerprint density at radius 3 is 2.34 bits per heavy atom. The number of furan rings is 1. The summed E-state index contributed by atoms with van der Waals surface area (Å²) in [5.41, 5.74) is 3.36. The van der Waals surface area contributed by atoms with Gasteiger partial charge in [0.25, 0.3) is 0 Å². The summed E-state index contributed by atoms with van der Waals surface area (Å²) in [6.07, 6.45) is 2.90. The fourth-order valence-corrected chi connectivity index (χ4v) is 4.01. The Kier molecular flexibility index (Phi) is 6.22. The molecule has 0 aliphatic carbocycles. The zero-order valence-electron chi connectivity index (χ0n) is 16.2. The smallest absolute Gasteiger partial charge is 0.227 e. The molecule has 29 heavy (non-hydrogen) atoms. The molecule has 0 N–H and O–H groups in total. The van der Waals surface area contributed by atoms with E-state index in [1.54, 1.807) is 17.6 Å². The van der Waals surface area contributed by atoms with Crippen molar-refractivity contribution in [1.29, 1.82) is 0 Å². The quantitative estimate of drug-likeness (QED) is 0.373. The molecule has 1 amide bonds. The first-order valence-electron chi connectivity index (χ1n) is 9.75. The van der Waals surface area contributed by atoms with Crippen LogP contribution in [0.1, 0.15) is 16.2 Å². The summed E-state index contributed by atoms with van der Waals surface area (Å²) < 4.78 is 5.47. The molecule has 0 fully saturated rings. The Hall–Kier alpha value is -3.11. The molecule has 2 aromatic carbocycles. The second-order valence-corrected chi connectivity index (χ2v) is 8.00. The predicted molar refractivity (Wildman–Crippen MR) is 118 cm³/mol. The van der Waals surface area contributed by atoms with Crippen molar-refractivity contribution in [2.45, 2.75) is 19.4 Å². The van der Waals surface area contributed by atoms with Crippen molar-refractivity contribution in [3.8, 4) is 11.1 Å². The zero-order chi connectivity index (χ0) is 19.9. The van der Waals surface area contributed by atoms with Crippen LogP contribution in [-0.2, 0) is 24.2 Å². The van der Waals surface area contributed by atoms with Crippen molar-refractivity contribution in [3.63, 3.8) is 0 Å². The Balaban J connectivity index is 1.43. The van der Waals surface area contributed by atoms with Gasteiger partial charge in [-0.25, -0.2) is 0 Å². The molecule has 2 aromatic heterocycles. The highest BCUT2D eigenvalue weighted by atomic mass is 32.1. The summed E-state index contributed by atoms with van der Waals surface area (Å²) >= 11 is 1.73. The maximum atomic E-state index is 13.0. The summed E-state index contributed by atoms with van der Waals surface area (Å²) in [7, 11) is 0. The number of carbonyl (C=O) groups excluding carboxylic acids is 1. The molecular formula is C25H23NO2S. The van der Waals surface area contributed by atoms with Gasteiger partial charge >= 0.3 is 0 Å². The fourth-order valence-electron chi connectivity index (χ4n) is 3.31. The monoisotopic (exact) mass is 401 g/mol. The molecule has 3 nitrogen and oxygen atoms in total. The van der Waals surface area contributed by atoms with Gasteiger partial charge in [0, 0.05) is 11.4 Å². The Morgan fingerprint density at radius 1 is 0.862 bits per heavy atom. The highest BCUT2D eigenvalue weighted by Crippen LogP contribution is 2.20. The lowest BCUT2D eigenvalue weighted by molar-refractivity contribution is -0.131. The fraction of sp³-hybridized carbons (Fsp3) is 0.160. The Bertz CT molecular complexity index is 1010. The number of carbonyl (C=O) groups is 1. The van der Waals surface area contributed by atoms with E-state index in [1.165, 1.54) is 10.4 Å². The molecule has 0 saturated carbocycles. The molecular weight excluding hydrogens is 378 g/mol. The molecule has 0 unspecified atom stereocenters. The number of nitrogens with zero attached hydrogens (tertiary/aromatic N) is 1. The lowest BCUT2D eigenvalue weighted by Crippen LogP contribution is -2.33. The van der Waals surface area contributed by atoms with Crippen molar-refractivity contribution >= 4 is 17.2 Å². The molecule has 0 aliphatic rings. The van der Waals surface area contributed by atoms with Crippen molar-refractivity contribution in [2.24, 2.45) is 0 Å². The van der Waals surface area contributed by atoms with E-state index in [0.29, 0.717) is 19.5 Å². The molecule has 2 heterocycles. The van der Waals surface area contributed by atoms with Gasteiger partial charge in [0.1, 0.15) is 5.76 Å². The molecule has 146 valence electrons. The first kappa shape index (κ1) is 19.2. The van der Waals surface area contributed by atoms with Gasteiger partial charge in [0.05, 0.1) is 19.2 Å².